The molecule has 1 spiro atoms. The third-order valence-corrected chi connectivity index (χ3v) is 11.3. The lowest BCUT2D eigenvalue weighted by Gasteiger charge is -2.38. The second-order valence-electron chi connectivity index (χ2n) is 10.5. The van der Waals surface area contributed by atoms with Crippen LogP contribution < -0.4 is 4.90 Å². The van der Waals surface area contributed by atoms with Crippen molar-refractivity contribution in [3.05, 3.63) is 54.6 Å². The van der Waals surface area contributed by atoms with Crippen LogP contribution in [0.5, 0.6) is 0 Å². The van der Waals surface area contributed by atoms with Gasteiger partial charge in [0.1, 0.15) is 6.04 Å². The Bertz CT molecular complexity index is 1130. The van der Waals surface area contributed by atoms with Gasteiger partial charge < -0.3 is 19.8 Å². The maximum absolute atomic E-state index is 14.5. The van der Waals surface area contributed by atoms with Crippen molar-refractivity contribution >= 4 is 51.1 Å². The van der Waals surface area contributed by atoms with Gasteiger partial charge in [0.15, 0.2) is 0 Å². The average molecular weight is 605 g/mol. The Kier molecular flexibility index (Phi) is 8.79. The molecule has 38 heavy (non-hydrogen) atoms. The zero-order chi connectivity index (χ0) is 27.8. The molecule has 0 radical (unpaired) electrons. The first-order chi connectivity index (χ1) is 18.2. The van der Waals surface area contributed by atoms with Gasteiger partial charge in [-0.15, -0.1) is 24.9 Å². The van der Waals surface area contributed by atoms with Crippen LogP contribution in [0, 0.1) is 25.7 Å². The van der Waals surface area contributed by atoms with Crippen LogP contribution in [-0.4, -0.2) is 86.3 Å². The monoisotopic (exact) mass is 603 g/mol. The van der Waals surface area contributed by atoms with Crippen molar-refractivity contribution in [1.29, 1.82) is 0 Å². The van der Waals surface area contributed by atoms with E-state index in [1.54, 1.807) is 38.6 Å². The maximum atomic E-state index is 14.5. The largest absolute Gasteiger partial charge is 0.395 e. The van der Waals surface area contributed by atoms with Crippen molar-refractivity contribution in [1.82, 2.24) is 9.80 Å². The quantitative estimate of drug-likeness (QED) is 0.308. The fourth-order valence-electron chi connectivity index (χ4n) is 6.56. The highest BCUT2D eigenvalue weighted by molar-refractivity contribution is 9.09. The van der Waals surface area contributed by atoms with Gasteiger partial charge in [-0.2, -0.15) is 0 Å². The van der Waals surface area contributed by atoms with Crippen molar-refractivity contribution in [2.24, 2.45) is 11.8 Å². The van der Waals surface area contributed by atoms with E-state index in [0.717, 1.165) is 23.2 Å². The number of aliphatic hydroxyl groups is 1. The fourth-order valence-corrected chi connectivity index (χ4v) is 10.2. The number of hydrogen-bond donors (Lipinski definition) is 1. The summed E-state index contributed by atoms with van der Waals surface area (Å²) in [5.41, 5.74) is 2.76. The summed E-state index contributed by atoms with van der Waals surface area (Å²) in [7, 11) is 0. The number of alkyl halides is 1. The fraction of sp³-hybridized carbons (Fsp3) is 0.552. The van der Waals surface area contributed by atoms with Crippen LogP contribution in [0.1, 0.15) is 30.9 Å². The number of rotatable bonds is 11. The molecular formula is C29H38BrN3O4S. The molecule has 0 aromatic heterocycles. The van der Waals surface area contributed by atoms with Crippen LogP contribution >= 0.6 is 27.7 Å². The summed E-state index contributed by atoms with van der Waals surface area (Å²) in [6, 6.07) is 5.18. The highest BCUT2D eigenvalue weighted by Crippen LogP contribution is 2.68. The van der Waals surface area contributed by atoms with E-state index in [-0.39, 0.29) is 41.0 Å². The number of nitrogens with zero attached hydrogens (tertiary/aromatic N) is 3. The molecule has 2 bridgehead atoms. The van der Waals surface area contributed by atoms with Gasteiger partial charge in [0.25, 0.3) is 5.91 Å². The Hall–Kier alpha value is -2.10. The first kappa shape index (κ1) is 28.9. The normalized spacial score (nSPS) is 29.3. The number of aryl methyl sites for hydroxylation is 2. The van der Waals surface area contributed by atoms with Gasteiger partial charge in [0.05, 0.1) is 23.2 Å². The van der Waals surface area contributed by atoms with E-state index in [2.05, 4.69) is 29.1 Å². The highest BCUT2D eigenvalue weighted by atomic mass is 79.9. The van der Waals surface area contributed by atoms with Crippen LogP contribution in [0.25, 0.3) is 0 Å². The van der Waals surface area contributed by atoms with E-state index in [9.17, 15) is 19.5 Å². The van der Waals surface area contributed by atoms with E-state index in [1.807, 2.05) is 39.0 Å². The molecule has 9 heteroatoms. The smallest absolute Gasteiger partial charge is 0.251 e. The zero-order valence-corrected chi connectivity index (χ0v) is 24.8. The van der Waals surface area contributed by atoms with Crippen LogP contribution in [-0.2, 0) is 14.4 Å². The minimum Gasteiger partial charge on any atom is -0.395 e. The van der Waals surface area contributed by atoms with E-state index >= 15 is 0 Å². The number of β-amino-alcohol motifs (C(OH)–C–C–N with tert-alkyl or cyclic N) is 1. The van der Waals surface area contributed by atoms with Crippen LogP contribution in [0.2, 0.25) is 0 Å². The van der Waals surface area contributed by atoms with Crippen molar-refractivity contribution in [2.45, 2.75) is 54.5 Å². The molecule has 1 aromatic carbocycles. The summed E-state index contributed by atoms with van der Waals surface area (Å²) in [5.74, 6) is -1.61. The SMILES string of the molecule is C=CCN(CCC)C(=O)[C@H]1[C@@H]2SC3(CC2Br)C(C(=O)N(CC=C)c2cc(C)ccc2C)N(CCO)C(=O)[C@H]13. The molecule has 6 atom stereocenters. The Labute approximate surface area is 238 Å². The lowest BCUT2D eigenvalue weighted by Crippen LogP contribution is -2.56. The third kappa shape index (κ3) is 4.64. The van der Waals surface area contributed by atoms with Gasteiger partial charge in [-0.1, -0.05) is 47.1 Å². The molecule has 0 aliphatic carbocycles. The number of carbonyl (C=O) groups is 3. The van der Waals surface area contributed by atoms with Gasteiger partial charge in [0, 0.05) is 41.9 Å². The first-order valence-corrected chi connectivity index (χ1v) is 15.1. The predicted molar refractivity (Wildman–Crippen MR) is 157 cm³/mol. The zero-order valence-electron chi connectivity index (χ0n) is 22.4. The average Bonchev–Trinajstić information content (AvgIpc) is 3.47. The summed E-state index contributed by atoms with van der Waals surface area (Å²) < 4.78 is -0.758. The summed E-state index contributed by atoms with van der Waals surface area (Å²) in [4.78, 5) is 47.6. The van der Waals surface area contributed by atoms with E-state index in [0.29, 0.717) is 26.1 Å². The number of amides is 3. The highest BCUT2D eigenvalue weighted by Gasteiger charge is 2.76. The molecule has 1 aromatic rings. The van der Waals surface area contributed by atoms with Gasteiger partial charge in [-0.25, -0.2) is 0 Å². The van der Waals surface area contributed by atoms with Crippen LogP contribution in [0.4, 0.5) is 5.69 Å². The molecular weight excluding hydrogens is 566 g/mol. The molecule has 3 aliphatic heterocycles. The van der Waals surface area contributed by atoms with Gasteiger partial charge >= 0.3 is 0 Å². The minimum absolute atomic E-state index is 0.00403. The number of hydrogen-bond acceptors (Lipinski definition) is 5. The van der Waals surface area contributed by atoms with Gasteiger partial charge in [0.2, 0.25) is 11.8 Å². The van der Waals surface area contributed by atoms with Gasteiger partial charge in [-0.3, -0.25) is 14.4 Å². The van der Waals surface area contributed by atoms with E-state index in [1.165, 1.54) is 0 Å². The lowest BCUT2D eigenvalue weighted by molar-refractivity contribution is -0.144. The molecule has 4 rings (SSSR count). The molecule has 3 heterocycles. The van der Waals surface area contributed by atoms with Crippen LogP contribution in [0.15, 0.2) is 43.5 Å². The number of benzene rings is 1. The number of likely N-dealkylation sites (tertiary alicyclic amines) is 1. The van der Waals surface area contributed by atoms with E-state index < -0.39 is 22.6 Å². The number of halogens is 1. The van der Waals surface area contributed by atoms with Crippen molar-refractivity contribution in [3.8, 4) is 0 Å². The lowest BCUT2D eigenvalue weighted by atomic mass is 9.70. The summed E-state index contributed by atoms with van der Waals surface area (Å²) in [6.45, 7) is 14.8. The second kappa shape index (κ2) is 11.6. The summed E-state index contributed by atoms with van der Waals surface area (Å²) >= 11 is 5.44. The number of fused-ring (bicyclic) bond motifs is 1. The maximum Gasteiger partial charge on any atom is 0.251 e. The molecule has 0 saturated carbocycles. The Morgan fingerprint density at radius 2 is 1.95 bits per heavy atom. The van der Waals surface area contributed by atoms with Crippen molar-refractivity contribution in [3.63, 3.8) is 0 Å². The number of aliphatic hydroxyl groups excluding tert-OH is 1. The Morgan fingerprint density at radius 3 is 2.58 bits per heavy atom. The molecule has 206 valence electrons. The Balaban J connectivity index is 1.80. The molecule has 3 unspecified atom stereocenters. The number of thioether (sulfide) groups is 1. The Morgan fingerprint density at radius 1 is 1.24 bits per heavy atom. The van der Waals surface area contributed by atoms with Crippen molar-refractivity contribution < 1.29 is 19.5 Å². The molecule has 3 fully saturated rings. The first-order valence-electron chi connectivity index (χ1n) is 13.3. The minimum atomic E-state index is -0.793. The standard InChI is InChI=1S/C29H38BrN3O4S/c1-6-11-31(12-7-2)26(35)22-23-27(36)33(14-15-34)25(29(23)17-20(30)24(22)38-29)28(37)32(13-8-3)21-16-18(4)9-10-19(21)5/h6,8-10,16,20,22-25,34H,1,3,7,11-15,17H2,2,4-5H3/t20?,22-,23+,24-,25?,29?/m1/s1. The van der Waals surface area contributed by atoms with Crippen LogP contribution in [0.3, 0.4) is 0 Å². The molecule has 1 N–H and O–H groups in total. The molecule has 3 saturated heterocycles. The number of carbonyl (C=O) groups excluding carboxylic acids is 3. The van der Waals surface area contributed by atoms with Gasteiger partial charge in [-0.05, 0) is 43.9 Å². The third-order valence-electron chi connectivity index (χ3n) is 8.04. The number of anilines is 1. The predicted octanol–water partition coefficient (Wildman–Crippen LogP) is 3.70. The topological polar surface area (TPSA) is 81.2 Å². The molecule has 3 amide bonds. The van der Waals surface area contributed by atoms with Crippen molar-refractivity contribution in [2.75, 3.05) is 37.7 Å². The molecule has 3 aliphatic rings. The summed E-state index contributed by atoms with van der Waals surface area (Å²) in [5, 5.41) is 9.82. The molecule has 7 nitrogen and oxygen atoms in total. The van der Waals surface area contributed by atoms with E-state index in [4.69, 9.17) is 0 Å². The second-order valence-corrected chi connectivity index (χ2v) is 13.2. The summed E-state index contributed by atoms with van der Waals surface area (Å²) in [6.07, 6.45) is 4.81.